The normalized spacial score (nSPS) is 18.2. The van der Waals surface area contributed by atoms with Gasteiger partial charge in [0.1, 0.15) is 5.84 Å². The number of alkyl halides is 5. The van der Waals surface area contributed by atoms with Crippen LogP contribution in [0.25, 0.3) is 0 Å². The Hall–Kier alpha value is -1.74. The Morgan fingerprint density at radius 2 is 1.84 bits per heavy atom. The van der Waals surface area contributed by atoms with Gasteiger partial charge in [0.25, 0.3) is 0 Å². The molecule has 0 aromatic heterocycles. The number of carbonyl (C=O) groups excluding carboxylic acids is 2. The third-order valence-corrected chi connectivity index (χ3v) is 3.91. The highest BCUT2D eigenvalue weighted by Gasteiger charge is 2.64. The largest absolute Gasteiger partial charge is 0.463 e. The molecule has 25 heavy (non-hydrogen) atoms. The van der Waals surface area contributed by atoms with Crippen molar-refractivity contribution in [1.29, 1.82) is 0 Å². The molecule has 0 N–H and O–H groups in total. The van der Waals surface area contributed by atoms with Crippen LogP contribution in [0.15, 0.2) is 4.99 Å². The summed E-state index contributed by atoms with van der Waals surface area (Å²) >= 11 is 0. The van der Waals surface area contributed by atoms with Gasteiger partial charge in [0.15, 0.2) is 0 Å². The van der Waals surface area contributed by atoms with E-state index in [-0.39, 0.29) is 38.4 Å². The van der Waals surface area contributed by atoms with Crippen LogP contribution in [0.4, 0.5) is 22.0 Å². The minimum atomic E-state index is -5.95. The number of carbonyl (C=O) groups is 2. The molecule has 0 saturated carbocycles. The van der Waals surface area contributed by atoms with Gasteiger partial charge in [0.2, 0.25) is 5.91 Å². The van der Waals surface area contributed by atoms with Gasteiger partial charge in [0.05, 0.1) is 6.54 Å². The van der Waals surface area contributed by atoms with Gasteiger partial charge in [-0.05, 0) is 12.8 Å². The van der Waals surface area contributed by atoms with E-state index in [1.165, 1.54) is 4.90 Å². The van der Waals surface area contributed by atoms with Gasteiger partial charge in [-0.2, -0.15) is 22.0 Å². The highest BCUT2D eigenvalue weighted by molar-refractivity contribution is 5.98. The molecule has 10 heteroatoms. The van der Waals surface area contributed by atoms with E-state index >= 15 is 0 Å². The van der Waals surface area contributed by atoms with Crippen LogP contribution in [-0.4, -0.2) is 66.2 Å². The standard InChI is InChI=1S/C15H22F5N3O2/c1-3-4-6-11-21-8-10-23(9-5-7-12(24)22(11)2)13(25)14(16,17)15(18,19)20/h3-10H2,1-2H3. The van der Waals surface area contributed by atoms with Crippen LogP contribution in [0.3, 0.4) is 0 Å². The summed E-state index contributed by atoms with van der Waals surface area (Å²) in [7, 11) is 1.55. The Labute approximate surface area is 142 Å². The molecule has 0 aromatic rings. The van der Waals surface area contributed by atoms with E-state index in [0.29, 0.717) is 17.2 Å². The highest BCUT2D eigenvalue weighted by atomic mass is 19.4. The molecule has 5 nitrogen and oxygen atoms in total. The Kier molecular flexibility index (Phi) is 7.30. The van der Waals surface area contributed by atoms with Crippen molar-refractivity contribution >= 4 is 17.6 Å². The van der Waals surface area contributed by atoms with E-state index in [1.807, 2.05) is 6.92 Å². The molecule has 0 aromatic carbocycles. The van der Waals surface area contributed by atoms with Gasteiger partial charge in [-0.3, -0.25) is 14.6 Å². The number of halogens is 5. The lowest BCUT2D eigenvalue weighted by Gasteiger charge is -2.29. The minimum absolute atomic E-state index is 0.00388. The van der Waals surface area contributed by atoms with Crippen molar-refractivity contribution < 1.29 is 31.5 Å². The monoisotopic (exact) mass is 371 g/mol. The van der Waals surface area contributed by atoms with Gasteiger partial charge < -0.3 is 9.80 Å². The maximum Gasteiger partial charge on any atom is 0.463 e. The summed E-state index contributed by atoms with van der Waals surface area (Å²) in [4.78, 5) is 29.6. The molecule has 0 bridgehead atoms. The zero-order valence-electron chi connectivity index (χ0n) is 14.2. The van der Waals surface area contributed by atoms with Crippen molar-refractivity contribution in [2.24, 2.45) is 4.99 Å². The van der Waals surface area contributed by atoms with E-state index in [4.69, 9.17) is 0 Å². The first kappa shape index (κ1) is 21.3. The molecule has 0 unspecified atom stereocenters. The van der Waals surface area contributed by atoms with Crippen molar-refractivity contribution in [3.05, 3.63) is 0 Å². The second-order valence-electron chi connectivity index (χ2n) is 5.82. The van der Waals surface area contributed by atoms with Crippen LogP contribution in [0.1, 0.15) is 39.0 Å². The number of hydrogen-bond donors (Lipinski definition) is 0. The van der Waals surface area contributed by atoms with Crippen LogP contribution in [0, 0.1) is 0 Å². The number of nitrogens with zero attached hydrogens (tertiary/aromatic N) is 3. The summed E-state index contributed by atoms with van der Waals surface area (Å²) in [6, 6.07) is 0. The zero-order chi connectivity index (χ0) is 19.3. The maximum atomic E-state index is 13.3. The lowest BCUT2D eigenvalue weighted by molar-refractivity contribution is -0.274. The molecular formula is C15H22F5N3O2. The number of aliphatic imine (C=N–C) groups is 1. The summed E-state index contributed by atoms with van der Waals surface area (Å²) < 4.78 is 63.7. The Bertz CT molecular complexity index is 520. The zero-order valence-corrected chi connectivity index (χ0v) is 14.2. The average molecular weight is 371 g/mol. The second kappa shape index (κ2) is 8.57. The SMILES string of the molecule is CCCCC1=NCCN(C(=O)C(F)(F)C(F)(F)F)CCCC(=O)N1C. The van der Waals surface area contributed by atoms with Crippen LogP contribution < -0.4 is 0 Å². The molecule has 0 saturated heterocycles. The van der Waals surface area contributed by atoms with Gasteiger partial charge in [-0.1, -0.05) is 13.3 Å². The van der Waals surface area contributed by atoms with Crippen molar-refractivity contribution in [3.63, 3.8) is 0 Å². The molecule has 0 radical (unpaired) electrons. The van der Waals surface area contributed by atoms with Gasteiger partial charge in [0, 0.05) is 33.0 Å². The number of hydrogen-bond acceptors (Lipinski definition) is 3. The average Bonchev–Trinajstić information content (AvgIpc) is 2.53. The fraction of sp³-hybridized carbons (Fsp3) is 0.800. The first-order chi connectivity index (χ1) is 11.5. The minimum Gasteiger partial charge on any atom is -0.335 e. The Morgan fingerprint density at radius 3 is 2.40 bits per heavy atom. The van der Waals surface area contributed by atoms with Crippen molar-refractivity contribution in [2.75, 3.05) is 26.7 Å². The summed E-state index contributed by atoms with van der Waals surface area (Å²) in [6.07, 6.45) is -3.92. The molecule has 1 rings (SSSR count). The van der Waals surface area contributed by atoms with E-state index in [0.717, 1.165) is 12.8 Å². The van der Waals surface area contributed by atoms with Gasteiger partial charge >= 0.3 is 18.0 Å². The predicted octanol–water partition coefficient (Wildman–Crippen LogP) is 2.85. The molecule has 2 amide bonds. The molecule has 1 aliphatic heterocycles. The Balaban J connectivity index is 2.96. The first-order valence-electron chi connectivity index (χ1n) is 8.06. The van der Waals surface area contributed by atoms with Crippen LogP contribution in [0.2, 0.25) is 0 Å². The molecule has 1 aliphatic rings. The van der Waals surface area contributed by atoms with Crippen molar-refractivity contribution in [2.45, 2.75) is 51.1 Å². The maximum absolute atomic E-state index is 13.3. The van der Waals surface area contributed by atoms with Gasteiger partial charge in [-0.25, -0.2) is 0 Å². The van der Waals surface area contributed by atoms with Crippen LogP contribution in [-0.2, 0) is 9.59 Å². The number of amidine groups is 1. The molecule has 0 atom stereocenters. The lowest BCUT2D eigenvalue weighted by atomic mass is 10.2. The third-order valence-electron chi connectivity index (χ3n) is 3.91. The smallest absolute Gasteiger partial charge is 0.335 e. The van der Waals surface area contributed by atoms with E-state index < -0.39 is 18.0 Å². The molecule has 0 aliphatic carbocycles. The molecule has 144 valence electrons. The molecule has 0 spiro atoms. The summed E-state index contributed by atoms with van der Waals surface area (Å²) in [6.45, 7) is 1.09. The highest BCUT2D eigenvalue weighted by Crippen LogP contribution is 2.37. The van der Waals surface area contributed by atoms with E-state index in [9.17, 15) is 31.5 Å². The summed E-state index contributed by atoms with van der Waals surface area (Å²) in [5.74, 6) is -7.62. The number of unbranched alkanes of at least 4 members (excludes halogenated alkanes) is 1. The quantitative estimate of drug-likeness (QED) is 0.714. The van der Waals surface area contributed by atoms with Crippen molar-refractivity contribution in [3.8, 4) is 0 Å². The third kappa shape index (κ3) is 5.37. The predicted molar refractivity (Wildman–Crippen MR) is 81.4 cm³/mol. The number of amides is 2. The van der Waals surface area contributed by atoms with Crippen LogP contribution >= 0.6 is 0 Å². The summed E-state index contributed by atoms with van der Waals surface area (Å²) in [5.41, 5.74) is 0. The molecule has 1 heterocycles. The fourth-order valence-corrected chi connectivity index (χ4v) is 2.36. The van der Waals surface area contributed by atoms with E-state index in [1.54, 1.807) is 7.05 Å². The number of rotatable bonds is 4. The summed E-state index contributed by atoms with van der Waals surface area (Å²) in [5, 5.41) is 0. The Morgan fingerprint density at radius 1 is 1.20 bits per heavy atom. The lowest BCUT2D eigenvalue weighted by Crippen LogP contribution is -2.53. The van der Waals surface area contributed by atoms with Gasteiger partial charge in [-0.15, -0.1) is 0 Å². The second-order valence-corrected chi connectivity index (χ2v) is 5.82. The molecular weight excluding hydrogens is 349 g/mol. The topological polar surface area (TPSA) is 53.0 Å². The first-order valence-corrected chi connectivity index (χ1v) is 8.06. The van der Waals surface area contributed by atoms with E-state index in [2.05, 4.69) is 4.99 Å². The van der Waals surface area contributed by atoms with Crippen LogP contribution in [0.5, 0.6) is 0 Å². The fourth-order valence-electron chi connectivity index (χ4n) is 2.36. The van der Waals surface area contributed by atoms with Crippen molar-refractivity contribution in [1.82, 2.24) is 9.80 Å². The molecule has 0 fully saturated rings.